The normalized spacial score (nSPS) is 10.7. The number of imidazole rings is 1. The molecule has 1 heterocycles. The molecule has 0 spiro atoms. The maximum absolute atomic E-state index is 11.6. The molecule has 0 bridgehead atoms. The number of terminal acetylenes is 1. The van der Waals surface area contributed by atoms with Crippen LogP contribution in [0.5, 0.6) is 0 Å². The van der Waals surface area contributed by atoms with Gasteiger partial charge in [-0.05, 0) is 44.5 Å². The van der Waals surface area contributed by atoms with E-state index in [1.807, 2.05) is 32.9 Å². The SMILES string of the molecule is C#C.C/C=C(\C=C(C)C)c1ncc(C(=O)O)n1Cc1cc(Cl)ccc1Cl. The molecule has 4 nitrogen and oxygen atoms in total. The Morgan fingerprint density at radius 1 is 1.31 bits per heavy atom. The van der Waals surface area contributed by atoms with Crippen LogP contribution in [0, 0.1) is 12.8 Å². The highest BCUT2D eigenvalue weighted by Gasteiger charge is 2.18. The topological polar surface area (TPSA) is 55.1 Å². The molecular weight excluding hydrogens is 371 g/mol. The van der Waals surface area contributed by atoms with Crippen LogP contribution < -0.4 is 0 Å². The molecular formula is C20H20Cl2N2O2. The van der Waals surface area contributed by atoms with Crippen molar-refractivity contribution < 1.29 is 9.90 Å². The number of benzene rings is 1. The molecule has 0 saturated heterocycles. The second-order valence-electron chi connectivity index (χ2n) is 5.56. The van der Waals surface area contributed by atoms with E-state index in [0.717, 1.165) is 16.7 Å². The summed E-state index contributed by atoms with van der Waals surface area (Å²) in [5.74, 6) is -0.466. The fourth-order valence-corrected chi connectivity index (χ4v) is 2.73. The van der Waals surface area contributed by atoms with Gasteiger partial charge in [0.05, 0.1) is 12.7 Å². The van der Waals surface area contributed by atoms with Gasteiger partial charge in [0.1, 0.15) is 11.5 Å². The molecule has 0 atom stereocenters. The van der Waals surface area contributed by atoms with Gasteiger partial charge in [-0.3, -0.25) is 0 Å². The molecule has 0 aliphatic rings. The van der Waals surface area contributed by atoms with Crippen LogP contribution in [0.2, 0.25) is 10.0 Å². The van der Waals surface area contributed by atoms with Crippen molar-refractivity contribution in [3.05, 3.63) is 69.2 Å². The Morgan fingerprint density at radius 2 is 1.96 bits per heavy atom. The van der Waals surface area contributed by atoms with Gasteiger partial charge in [-0.15, -0.1) is 12.8 Å². The molecule has 1 aromatic heterocycles. The fraction of sp³-hybridized carbons (Fsp3) is 0.200. The highest BCUT2D eigenvalue weighted by Crippen LogP contribution is 2.25. The number of allylic oxidation sites excluding steroid dienone is 4. The average molecular weight is 391 g/mol. The third kappa shape index (κ3) is 5.26. The standard InChI is InChI=1S/C18H18Cl2N2O2.C2H2/c1-4-12(7-11(2)3)17-21-9-16(18(23)24)22(17)10-13-8-14(19)5-6-15(13)20;1-2/h4-9H,10H2,1-3H3,(H,23,24);1-2H/b12-4+;. The summed E-state index contributed by atoms with van der Waals surface area (Å²) in [6.07, 6.45) is 13.2. The number of carboxylic acids is 1. The molecule has 0 fully saturated rings. The maximum atomic E-state index is 11.6. The molecule has 136 valence electrons. The number of carboxylic acid groups (broad SMARTS) is 1. The summed E-state index contributed by atoms with van der Waals surface area (Å²) in [6.45, 7) is 6.11. The zero-order valence-corrected chi connectivity index (χ0v) is 16.3. The van der Waals surface area contributed by atoms with E-state index in [4.69, 9.17) is 23.2 Å². The number of aromatic nitrogens is 2. The van der Waals surface area contributed by atoms with E-state index in [1.54, 1.807) is 22.8 Å². The Balaban J connectivity index is 0.00000163. The first kappa shape index (κ1) is 21.6. The Labute approximate surface area is 163 Å². The second-order valence-corrected chi connectivity index (χ2v) is 6.40. The Bertz CT molecular complexity index is 873. The zero-order chi connectivity index (χ0) is 19.9. The second kappa shape index (κ2) is 9.86. The maximum Gasteiger partial charge on any atom is 0.354 e. The Morgan fingerprint density at radius 3 is 2.50 bits per heavy atom. The molecule has 0 unspecified atom stereocenters. The highest BCUT2D eigenvalue weighted by molar-refractivity contribution is 6.33. The molecule has 26 heavy (non-hydrogen) atoms. The number of carbonyl (C=O) groups is 1. The monoisotopic (exact) mass is 390 g/mol. The predicted octanol–water partition coefficient (Wildman–Crippen LogP) is 5.56. The van der Waals surface area contributed by atoms with Crippen molar-refractivity contribution in [3.63, 3.8) is 0 Å². The van der Waals surface area contributed by atoms with Crippen LogP contribution in [0.1, 0.15) is 42.6 Å². The van der Waals surface area contributed by atoms with Crippen molar-refractivity contribution in [3.8, 4) is 12.8 Å². The molecule has 0 amide bonds. The number of hydrogen-bond donors (Lipinski definition) is 1. The van der Waals surface area contributed by atoms with E-state index in [2.05, 4.69) is 17.8 Å². The quantitative estimate of drug-likeness (QED) is 0.537. The average Bonchev–Trinajstić information content (AvgIpc) is 3.01. The van der Waals surface area contributed by atoms with Gasteiger partial charge in [0.25, 0.3) is 0 Å². The van der Waals surface area contributed by atoms with Gasteiger partial charge in [-0.2, -0.15) is 0 Å². The van der Waals surface area contributed by atoms with Gasteiger partial charge in [0, 0.05) is 15.6 Å². The van der Waals surface area contributed by atoms with Crippen molar-refractivity contribution >= 4 is 34.7 Å². The van der Waals surface area contributed by atoms with Crippen LogP contribution >= 0.6 is 23.2 Å². The first-order valence-electron chi connectivity index (χ1n) is 7.71. The first-order valence-corrected chi connectivity index (χ1v) is 8.46. The minimum absolute atomic E-state index is 0.0996. The lowest BCUT2D eigenvalue weighted by atomic mass is 10.1. The zero-order valence-electron chi connectivity index (χ0n) is 14.8. The molecule has 0 saturated carbocycles. The first-order chi connectivity index (χ1) is 12.3. The summed E-state index contributed by atoms with van der Waals surface area (Å²) in [5.41, 5.74) is 2.78. The van der Waals surface area contributed by atoms with Crippen LogP contribution in [-0.4, -0.2) is 20.6 Å². The number of hydrogen-bond acceptors (Lipinski definition) is 2. The molecule has 2 aromatic rings. The van der Waals surface area contributed by atoms with Crippen molar-refractivity contribution in [2.45, 2.75) is 27.3 Å². The van der Waals surface area contributed by atoms with Gasteiger partial charge in [-0.25, -0.2) is 9.78 Å². The van der Waals surface area contributed by atoms with Crippen molar-refractivity contribution in [1.29, 1.82) is 0 Å². The lowest BCUT2D eigenvalue weighted by Gasteiger charge is -2.13. The van der Waals surface area contributed by atoms with E-state index in [1.165, 1.54) is 6.20 Å². The van der Waals surface area contributed by atoms with Gasteiger partial charge < -0.3 is 9.67 Å². The predicted molar refractivity (Wildman–Crippen MR) is 108 cm³/mol. The summed E-state index contributed by atoms with van der Waals surface area (Å²) >= 11 is 12.3. The lowest BCUT2D eigenvalue weighted by Crippen LogP contribution is -2.12. The van der Waals surface area contributed by atoms with Crippen molar-refractivity contribution in [2.24, 2.45) is 0 Å². The summed E-state index contributed by atoms with van der Waals surface area (Å²) < 4.78 is 1.63. The van der Waals surface area contributed by atoms with E-state index < -0.39 is 5.97 Å². The van der Waals surface area contributed by atoms with Crippen molar-refractivity contribution in [1.82, 2.24) is 9.55 Å². The van der Waals surface area contributed by atoms with Crippen LogP contribution in [0.4, 0.5) is 0 Å². The summed E-state index contributed by atoms with van der Waals surface area (Å²) in [4.78, 5) is 15.9. The van der Waals surface area contributed by atoms with Crippen LogP contribution in [0.25, 0.3) is 5.57 Å². The minimum atomic E-state index is -1.04. The molecule has 0 radical (unpaired) electrons. The van der Waals surface area contributed by atoms with Gasteiger partial charge >= 0.3 is 5.97 Å². The smallest absolute Gasteiger partial charge is 0.354 e. The van der Waals surface area contributed by atoms with Crippen molar-refractivity contribution in [2.75, 3.05) is 0 Å². The molecule has 0 aliphatic heterocycles. The number of nitrogens with zero attached hydrogens (tertiary/aromatic N) is 2. The molecule has 2 rings (SSSR count). The van der Waals surface area contributed by atoms with Gasteiger partial charge in [0.2, 0.25) is 0 Å². The van der Waals surface area contributed by atoms with E-state index in [9.17, 15) is 9.90 Å². The van der Waals surface area contributed by atoms with Gasteiger partial charge in [0.15, 0.2) is 0 Å². The molecule has 1 aromatic carbocycles. The summed E-state index contributed by atoms with van der Waals surface area (Å²) in [6, 6.07) is 5.12. The lowest BCUT2D eigenvalue weighted by molar-refractivity contribution is 0.0685. The molecule has 1 N–H and O–H groups in total. The van der Waals surface area contributed by atoms with Gasteiger partial charge in [-0.1, -0.05) is 40.9 Å². The highest BCUT2D eigenvalue weighted by atomic mass is 35.5. The number of aromatic carboxylic acids is 1. The van der Waals surface area contributed by atoms with E-state index in [0.29, 0.717) is 15.9 Å². The Hall–Kier alpha value is -2.48. The number of rotatable bonds is 5. The van der Waals surface area contributed by atoms with Crippen LogP contribution in [0.3, 0.4) is 0 Å². The van der Waals surface area contributed by atoms with Crippen LogP contribution in [-0.2, 0) is 6.54 Å². The third-order valence-electron chi connectivity index (χ3n) is 3.42. The molecule has 0 aliphatic carbocycles. The largest absolute Gasteiger partial charge is 0.477 e. The Kier molecular flexibility index (Phi) is 8.18. The summed E-state index contributed by atoms with van der Waals surface area (Å²) in [5, 5.41) is 10.5. The fourth-order valence-electron chi connectivity index (χ4n) is 2.36. The van der Waals surface area contributed by atoms with E-state index >= 15 is 0 Å². The minimum Gasteiger partial charge on any atom is -0.477 e. The molecule has 6 heteroatoms. The third-order valence-corrected chi connectivity index (χ3v) is 4.03. The number of halogens is 2. The van der Waals surface area contributed by atoms with E-state index in [-0.39, 0.29) is 12.2 Å². The summed E-state index contributed by atoms with van der Waals surface area (Å²) in [7, 11) is 0. The van der Waals surface area contributed by atoms with Crippen LogP contribution in [0.15, 0.2) is 42.1 Å².